The van der Waals surface area contributed by atoms with Gasteiger partial charge in [-0.05, 0) is 55.3 Å². The molecule has 0 aliphatic carbocycles. The summed E-state index contributed by atoms with van der Waals surface area (Å²) in [5, 5.41) is 10.9. The van der Waals surface area contributed by atoms with Crippen molar-refractivity contribution in [2.24, 2.45) is 4.99 Å². The number of ether oxygens (including phenoxy) is 1. The largest absolute Gasteiger partial charge is 0.463 e. The third-order valence-corrected chi connectivity index (χ3v) is 6.65. The summed E-state index contributed by atoms with van der Waals surface area (Å²) >= 11 is 1.20. The van der Waals surface area contributed by atoms with Gasteiger partial charge in [0, 0.05) is 37.6 Å². The lowest BCUT2D eigenvalue weighted by Gasteiger charge is -2.23. The maximum Gasteiger partial charge on any atom is 0.338 e. The van der Waals surface area contributed by atoms with E-state index in [9.17, 15) is 19.7 Å². The Labute approximate surface area is 205 Å². The first-order chi connectivity index (χ1) is 16.7. The minimum atomic E-state index is -0.615. The summed E-state index contributed by atoms with van der Waals surface area (Å²) in [6.07, 6.45) is 1.66. The normalized spacial score (nSPS) is 15.4. The average Bonchev–Trinajstić information content (AvgIpc) is 3.14. The quantitative estimate of drug-likeness (QED) is 0.298. The van der Waals surface area contributed by atoms with Crippen LogP contribution in [0.2, 0.25) is 0 Å². The van der Waals surface area contributed by atoms with Gasteiger partial charge in [-0.1, -0.05) is 23.5 Å². The molecule has 2 heterocycles. The van der Waals surface area contributed by atoms with Crippen molar-refractivity contribution in [2.75, 3.05) is 25.6 Å². The van der Waals surface area contributed by atoms with E-state index < -0.39 is 16.9 Å². The summed E-state index contributed by atoms with van der Waals surface area (Å²) in [6.45, 7) is 3.65. The van der Waals surface area contributed by atoms with Crippen LogP contribution in [0.3, 0.4) is 0 Å². The van der Waals surface area contributed by atoms with Crippen LogP contribution in [0.15, 0.2) is 63.9 Å². The highest BCUT2D eigenvalue weighted by atomic mass is 32.1. The number of rotatable bonds is 6. The summed E-state index contributed by atoms with van der Waals surface area (Å²) in [6, 6.07) is 13.1. The number of nitrogens with zero attached hydrogens (tertiary/aromatic N) is 4. The molecule has 9 nitrogen and oxygen atoms in total. The molecule has 35 heavy (non-hydrogen) atoms. The smallest absolute Gasteiger partial charge is 0.338 e. The van der Waals surface area contributed by atoms with E-state index in [-0.39, 0.29) is 17.9 Å². The number of anilines is 1. The monoisotopic (exact) mass is 492 g/mol. The number of nitro groups is 1. The molecule has 180 valence electrons. The number of carbonyl (C=O) groups is 1. The van der Waals surface area contributed by atoms with Crippen molar-refractivity contribution in [3.8, 4) is 0 Å². The number of allylic oxidation sites excluding steroid dienone is 1. The Morgan fingerprint density at radius 2 is 1.86 bits per heavy atom. The van der Waals surface area contributed by atoms with Crippen LogP contribution in [0, 0.1) is 10.1 Å². The SMILES string of the molecule is CCOC(=O)C1=C(C)n2c(s/c(=C\c3ccc([N+](=O)[O-])cc3)c2=O)=N[C@H]1c1ccc(N(C)C)cc1. The van der Waals surface area contributed by atoms with Crippen molar-refractivity contribution in [3.63, 3.8) is 0 Å². The molecule has 2 aromatic carbocycles. The molecule has 0 bridgehead atoms. The zero-order valence-electron chi connectivity index (χ0n) is 19.7. The first-order valence-corrected chi connectivity index (χ1v) is 11.7. The molecule has 4 rings (SSSR count). The number of fused-ring (bicyclic) bond motifs is 1. The van der Waals surface area contributed by atoms with Crippen molar-refractivity contribution in [1.29, 1.82) is 0 Å². The van der Waals surface area contributed by atoms with Gasteiger partial charge < -0.3 is 9.64 Å². The molecule has 1 aromatic heterocycles. The Kier molecular flexibility index (Phi) is 6.65. The molecule has 1 aliphatic heterocycles. The van der Waals surface area contributed by atoms with Gasteiger partial charge in [0.05, 0.1) is 21.6 Å². The molecule has 0 fully saturated rings. The van der Waals surface area contributed by atoms with Gasteiger partial charge in [-0.25, -0.2) is 9.79 Å². The van der Waals surface area contributed by atoms with E-state index in [2.05, 4.69) is 0 Å². The lowest BCUT2D eigenvalue weighted by Crippen LogP contribution is -2.35. The minimum absolute atomic E-state index is 0.0275. The van der Waals surface area contributed by atoms with Crippen LogP contribution < -0.4 is 19.8 Å². The van der Waals surface area contributed by atoms with Crippen molar-refractivity contribution in [3.05, 3.63) is 95.0 Å². The molecule has 1 atom stereocenters. The maximum atomic E-state index is 13.3. The van der Waals surface area contributed by atoms with E-state index >= 15 is 0 Å². The second-order valence-electron chi connectivity index (χ2n) is 8.12. The lowest BCUT2D eigenvalue weighted by molar-refractivity contribution is -0.384. The number of esters is 1. The number of benzene rings is 2. The van der Waals surface area contributed by atoms with Gasteiger partial charge in [0.2, 0.25) is 0 Å². The molecule has 0 unspecified atom stereocenters. The number of hydrogen-bond donors (Lipinski definition) is 0. The van der Waals surface area contributed by atoms with E-state index in [4.69, 9.17) is 9.73 Å². The molecular formula is C25H24N4O5S. The van der Waals surface area contributed by atoms with Gasteiger partial charge >= 0.3 is 5.97 Å². The van der Waals surface area contributed by atoms with Gasteiger partial charge in [0.25, 0.3) is 11.2 Å². The summed E-state index contributed by atoms with van der Waals surface area (Å²) in [4.78, 5) is 43.9. The highest BCUT2D eigenvalue weighted by molar-refractivity contribution is 7.07. The minimum Gasteiger partial charge on any atom is -0.463 e. The molecule has 0 spiro atoms. The number of hydrogen-bond acceptors (Lipinski definition) is 8. The van der Waals surface area contributed by atoms with Crippen LogP contribution in [-0.2, 0) is 9.53 Å². The van der Waals surface area contributed by atoms with Crippen molar-refractivity contribution >= 4 is 40.5 Å². The Morgan fingerprint density at radius 3 is 2.43 bits per heavy atom. The van der Waals surface area contributed by atoms with E-state index in [1.54, 1.807) is 32.1 Å². The standard InChI is InChI=1S/C25H24N4O5S/c1-5-34-24(31)21-15(2)28-23(30)20(14-16-6-10-19(11-7-16)29(32)33)35-25(28)26-22(21)17-8-12-18(13-9-17)27(3)4/h6-14,22H,5H2,1-4H3/b20-14-/t22-/m0/s1. The molecule has 0 saturated heterocycles. The van der Waals surface area contributed by atoms with E-state index in [1.807, 2.05) is 43.3 Å². The zero-order chi connectivity index (χ0) is 25.3. The van der Waals surface area contributed by atoms with Gasteiger partial charge in [0.15, 0.2) is 4.80 Å². The van der Waals surface area contributed by atoms with E-state index in [0.717, 1.165) is 11.3 Å². The first kappa shape index (κ1) is 24.1. The summed E-state index contributed by atoms with van der Waals surface area (Å²) in [5.74, 6) is -0.514. The van der Waals surface area contributed by atoms with Crippen molar-refractivity contribution < 1.29 is 14.5 Å². The summed E-state index contributed by atoms with van der Waals surface area (Å²) < 4.78 is 7.15. The number of non-ortho nitro benzene ring substituents is 1. The predicted octanol–water partition coefficient (Wildman–Crippen LogP) is 2.88. The fraction of sp³-hybridized carbons (Fsp3) is 0.240. The molecule has 10 heteroatoms. The molecule has 1 aliphatic rings. The van der Waals surface area contributed by atoms with Gasteiger partial charge in [-0.3, -0.25) is 19.5 Å². The van der Waals surface area contributed by atoms with Crippen LogP contribution in [0.5, 0.6) is 0 Å². The summed E-state index contributed by atoms with van der Waals surface area (Å²) in [7, 11) is 3.89. The number of thiazole rings is 1. The van der Waals surface area contributed by atoms with Crippen LogP contribution in [-0.4, -0.2) is 36.2 Å². The van der Waals surface area contributed by atoms with Crippen LogP contribution in [0.25, 0.3) is 11.8 Å². The lowest BCUT2D eigenvalue weighted by atomic mass is 9.96. The molecule has 3 aromatic rings. The van der Waals surface area contributed by atoms with Gasteiger partial charge in [-0.15, -0.1) is 0 Å². The third-order valence-electron chi connectivity index (χ3n) is 5.67. The topological polar surface area (TPSA) is 107 Å². The molecule has 0 amide bonds. The molecule has 0 saturated carbocycles. The molecule has 0 radical (unpaired) electrons. The number of nitro benzene ring substituents is 1. The van der Waals surface area contributed by atoms with E-state index in [1.165, 1.54) is 28.0 Å². The van der Waals surface area contributed by atoms with Crippen LogP contribution in [0.4, 0.5) is 11.4 Å². The highest BCUT2D eigenvalue weighted by Gasteiger charge is 2.31. The first-order valence-electron chi connectivity index (χ1n) is 10.9. The zero-order valence-corrected chi connectivity index (χ0v) is 20.5. The number of carbonyl (C=O) groups excluding carboxylic acids is 1. The van der Waals surface area contributed by atoms with Gasteiger partial charge in [0.1, 0.15) is 6.04 Å². The van der Waals surface area contributed by atoms with E-state index in [0.29, 0.717) is 26.2 Å². The maximum absolute atomic E-state index is 13.3. The van der Waals surface area contributed by atoms with Crippen molar-refractivity contribution in [2.45, 2.75) is 19.9 Å². The third kappa shape index (κ3) is 4.65. The Hall–Kier alpha value is -4.05. The van der Waals surface area contributed by atoms with Crippen LogP contribution >= 0.6 is 11.3 Å². The second kappa shape index (κ2) is 9.67. The number of aromatic nitrogens is 1. The highest BCUT2D eigenvalue weighted by Crippen LogP contribution is 2.33. The molecular weight excluding hydrogens is 468 g/mol. The summed E-state index contributed by atoms with van der Waals surface area (Å²) in [5.41, 5.74) is 2.92. The average molecular weight is 493 g/mol. The van der Waals surface area contributed by atoms with Crippen molar-refractivity contribution in [1.82, 2.24) is 4.57 Å². The fourth-order valence-corrected chi connectivity index (χ4v) is 4.90. The molecule has 0 N–H and O–H groups in total. The van der Waals surface area contributed by atoms with Gasteiger partial charge in [-0.2, -0.15) is 0 Å². The Morgan fingerprint density at radius 1 is 1.20 bits per heavy atom. The Bertz CT molecular complexity index is 1500. The predicted molar refractivity (Wildman–Crippen MR) is 135 cm³/mol. The second-order valence-corrected chi connectivity index (χ2v) is 9.13. The van der Waals surface area contributed by atoms with Crippen LogP contribution in [0.1, 0.15) is 31.0 Å². The Balaban J connectivity index is 1.87. The fourth-order valence-electron chi connectivity index (χ4n) is 3.86.